The average Bonchev–Trinajstić information content (AvgIpc) is 3.15. The standard InChI is InChI=1S/C19H25FN6O4S/c1-3-29-19(30-4-2)13-21-16-9-10-17-23-24-18(26(17)25-16)11-12-22-31(27,28)15-7-5-14(20)6-8-15/h5-10,19,22H,3-4,11-13H2,1-2H3,(H,21,25). The molecule has 168 valence electrons. The molecule has 10 nitrogen and oxygen atoms in total. The molecule has 0 amide bonds. The molecule has 0 aliphatic rings. The molecule has 2 aromatic heterocycles. The minimum absolute atomic E-state index is 0.0113. The second-order valence-electron chi connectivity index (χ2n) is 6.43. The number of benzene rings is 1. The van der Waals surface area contributed by atoms with E-state index in [1.54, 1.807) is 16.6 Å². The van der Waals surface area contributed by atoms with E-state index in [2.05, 4.69) is 25.3 Å². The largest absolute Gasteiger partial charge is 0.364 e. The third-order valence-corrected chi connectivity index (χ3v) is 5.72. The molecule has 0 saturated heterocycles. The van der Waals surface area contributed by atoms with Gasteiger partial charge >= 0.3 is 0 Å². The summed E-state index contributed by atoms with van der Waals surface area (Å²) in [6.45, 7) is 5.34. The zero-order chi connectivity index (χ0) is 22.3. The minimum atomic E-state index is -3.76. The molecule has 2 heterocycles. The van der Waals surface area contributed by atoms with Crippen LogP contribution in [-0.4, -0.2) is 60.8 Å². The molecule has 3 rings (SSSR count). The Labute approximate surface area is 179 Å². The molecule has 0 aliphatic carbocycles. The second-order valence-corrected chi connectivity index (χ2v) is 8.19. The third-order valence-electron chi connectivity index (χ3n) is 4.25. The number of fused-ring (bicyclic) bond motifs is 1. The number of sulfonamides is 1. The summed E-state index contributed by atoms with van der Waals surface area (Å²) in [6, 6.07) is 8.13. The molecular formula is C19H25FN6O4S. The van der Waals surface area contributed by atoms with Gasteiger partial charge in [-0.05, 0) is 50.2 Å². The van der Waals surface area contributed by atoms with Crippen molar-refractivity contribution in [2.45, 2.75) is 31.5 Å². The Bertz CT molecular complexity index is 1080. The summed E-state index contributed by atoms with van der Waals surface area (Å²) in [7, 11) is -3.76. The van der Waals surface area contributed by atoms with Crippen molar-refractivity contribution in [3.05, 3.63) is 48.0 Å². The molecule has 0 saturated carbocycles. The zero-order valence-corrected chi connectivity index (χ0v) is 18.1. The molecule has 0 bridgehead atoms. The number of halogens is 1. The quantitative estimate of drug-likeness (QED) is 0.398. The van der Waals surface area contributed by atoms with E-state index in [1.807, 2.05) is 13.8 Å². The number of aromatic nitrogens is 4. The zero-order valence-electron chi connectivity index (χ0n) is 17.3. The first-order valence-corrected chi connectivity index (χ1v) is 11.3. The molecule has 2 N–H and O–H groups in total. The van der Waals surface area contributed by atoms with Gasteiger partial charge in [-0.15, -0.1) is 15.3 Å². The molecule has 0 radical (unpaired) electrons. The molecule has 0 fully saturated rings. The van der Waals surface area contributed by atoms with Gasteiger partial charge in [0.25, 0.3) is 0 Å². The van der Waals surface area contributed by atoms with Crippen LogP contribution in [0.15, 0.2) is 41.3 Å². The maximum Gasteiger partial charge on any atom is 0.240 e. The Morgan fingerprint density at radius 1 is 1.06 bits per heavy atom. The van der Waals surface area contributed by atoms with Gasteiger partial charge in [-0.3, -0.25) is 0 Å². The number of rotatable bonds is 12. The summed E-state index contributed by atoms with van der Waals surface area (Å²) < 4.78 is 52.7. The fourth-order valence-corrected chi connectivity index (χ4v) is 3.84. The predicted octanol–water partition coefficient (Wildman–Crippen LogP) is 1.60. The van der Waals surface area contributed by atoms with Crippen molar-refractivity contribution >= 4 is 21.5 Å². The molecule has 0 unspecified atom stereocenters. The van der Waals surface area contributed by atoms with Crippen molar-refractivity contribution < 1.29 is 22.3 Å². The van der Waals surface area contributed by atoms with Gasteiger partial charge in [0.15, 0.2) is 17.8 Å². The van der Waals surface area contributed by atoms with Crippen LogP contribution >= 0.6 is 0 Å². The van der Waals surface area contributed by atoms with Crippen LogP contribution in [0.1, 0.15) is 19.7 Å². The Morgan fingerprint density at radius 3 is 2.45 bits per heavy atom. The van der Waals surface area contributed by atoms with Crippen LogP contribution in [0.4, 0.5) is 10.2 Å². The lowest BCUT2D eigenvalue weighted by atomic mass is 10.4. The van der Waals surface area contributed by atoms with E-state index in [1.165, 1.54) is 12.1 Å². The normalized spacial score (nSPS) is 12.0. The van der Waals surface area contributed by atoms with Crippen molar-refractivity contribution in [2.24, 2.45) is 0 Å². The first kappa shape index (κ1) is 23.0. The first-order chi connectivity index (χ1) is 14.9. The van der Waals surface area contributed by atoms with Gasteiger partial charge in [-0.25, -0.2) is 17.5 Å². The molecule has 0 spiro atoms. The van der Waals surface area contributed by atoms with Gasteiger partial charge in [0.1, 0.15) is 11.6 Å². The Kier molecular flexibility index (Phi) is 7.85. The van der Waals surface area contributed by atoms with Gasteiger partial charge in [0.05, 0.1) is 11.4 Å². The number of hydrogen-bond acceptors (Lipinski definition) is 8. The van der Waals surface area contributed by atoms with Gasteiger partial charge in [0, 0.05) is 26.2 Å². The Hall–Kier alpha value is -2.67. The molecule has 12 heteroatoms. The van der Waals surface area contributed by atoms with Crippen LogP contribution in [-0.2, 0) is 25.9 Å². The molecule has 0 atom stereocenters. The van der Waals surface area contributed by atoms with Crippen LogP contribution in [0.3, 0.4) is 0 Å². The number of nitrogens with zero attached hydrogens (tertiary/aromatic N) is 4. The minimum Gasteiger partial charge on any atom is -0.364 e. The topological polar surface area (TPSA) is 120 Å². The van der Waals surface area contributed by atoms with Gasteiger partial charge in [0.2, 0.25) is 10.0 Å². The van der Waals surface area contributed by atoms with E-state index in [0.29, 0.717) is 37.0 Å². The highest BCUT2D eigenvalue weighted by Crippen LogP contribution is 2.11. The summed E-state index contributed by atoms with van der Waals surface area (Å²) in [5.74, 6) is 0.565. The van der Waals surface area contributed by atoms with Crippen LogP contribution in [0.2, 0.25) is 0 Å². The number of nitrogens with one attached hydrogen (secondary N) is 2. The maximum absolute atomic E-state index is 13.0. The Morgan fingerprint density at radius 2 is 1.77 bits per heavy atom. The van der Waals surface area contributed by atoms with Crippen LogP contribution < -0.4 is 10.0 Å². The highest BCUT2D eigenvalue weighted by molar-refractivity contribution is 7.89. The van der Waals surface area contributed by atoms with Crippen molar-refractivity contribution in [3.63, 3.8) is 0 Å². The fraction of sp³-hybridized carbons (Fsp3) is 0.421. The number of anilines is 1. The van der Waals surface area contributed by atoms with E-state index in [4.69, 9.17) is 9.47 Å². The second kappa shape index (κ2) is 10.6. The predicted molar refractivity (Wildman–Crippen MR) is 112 cm³/mol. The SMILES string of the molecule is CCOC(CNc1ccc2nnc(CCNS(=O)(=O)c3ccc(F)cc3)n2n1)OCC. The first-order valence-electron chi connectivity index (χ1n) is 9.86. The van der Waals surface area contributed by atoms with E-state index < -0.39 is 22.1 Å². The van der Waals surface area contributed by atoms with Gasteiger partial charge in [-0.1, -0.05) is 0 Å². The molecular weight excluding hydrogens is 427 g/mol. The van der Waals surface area contributed by atoms with Crippen molar-refractivity contribution in [2.75, 3.05) is 31.6 Å². The smallest absolute Gasteiger partial charge is 0.240 e. The summed E-state index contributed by atoms with van der Waals surface area (Å²) in [6.07, 6.45) is -0.132. The lowest BCUT2D eigenvalue weighted by Crippen LogP contribution is -2.27. The molecule has 0 aliphatic heterocycles. The fourth-order valence-electron chi connectivity index (χ4n) is 2.80. The molecule has 31 heavy (non-hydrogen) atoms. The van der Waals surface area contributed by atoms with Gasteiger partial charge in [-0.2, -0.15) is 4.52 Å². The number of hydrogen-bond donors (Lipinski definition) is 2. The van der Waals surface area contributed by atoms with Gasteiger partial charge < -0.3 is 14.8 Å². The van der Waals surface area contributed by atoms with E-state index >= 15 is 0 Å². The third kappa shape index (κ3) is 6.17. The van der Waals surface area contributed by atoms with Crippen molar-refractivity contribution in [1.29, 1.82) is 0 Å². The van der Waals surface area contributed by atoms with Crippen LogP contribution in [0.5, 0.6) is 0 Å². The van der Waals surface area contributed by atoms with Crippen LogP contribution in [0.25, 0.3) is 5.65 Å². The summed E-state index contributed by atoms with van der Waals surface area (Å²) in [4.78, 5) is -0.0113. The summed E-state index contributed by atoms with van der Waals surface area (Å²) in [5, 5.41) is 15.7. The Balaban J connectivity index is 1.63. The number of ether oxygens (including phenoxy) is 2. The summed E-state index contributed by atoms with van der Waals surface area (Å²) in [5.41, 5.74) is 0.535. The maximum atomic E-state index is 13.0. The van der Waals surface area contributed by atoms with E-state index in [-0.39, 0.29) is 17.9 Å². The van der Waals surface area contributed by atoms with Crippen LogP contribution in [0, 0.1) is 5.82 Å². The average molecular weight is 453 g/mol. The van der Waals surface area contributed by atoms with Crippen molar-refractivity contribution in [1.82, 2.24) is 24.5 Å². The van der Waals surface area contributed by atoms with Crippen molar-refractivity contribution in [3.8, 4) is 0 Å². The lowest BCUT2D eigenvalue weighted by Gasteiger charge is -2.17. The van der Waals surface area contributed by atoms with E-state index in [9.17, 15) is 12.8 Å². The highest BCUT2D eigenvalue weighted by atomic mass is 32.2. The molecule has 3 aromatic rings. The lowest BCUT2D eigenvalue weighted by molar-refractivity contribution is -0.126. The van der Waals surface area contributed by atoms with E-state index in [0.717, 1.165) is 12.1 Å². The molecule has 1 aromatic carbocycles. The monoisotopic (exact) mass is 452 g/mol. The highest BCUT2D eigenvalue weighted by Gasteiger charge is 2.15. The summed E-state index contributed by atoms with van der Waals surface area (Å²) >= 11 is 0.